The van der Waals surface area contributed by atoms with E-state index in [0.29, 0.717) is 6.54 Å². The number of rotatable bonds is 8. The Morgan fingerprint density at radius 3 is 2.69 bits per heavy atom. The van der Waals surface area contributed by atoms with Crippen LogP contribution in [0.4, 0.5) is 0 Å². The Morgan fingerprint density at radius 2 is 2.08 bits per heavy atom. The van der Waals surface area contributed by atoms with Crippen molar-refractivity contribution in [2.45, 2.75) is 46.4 Å². The van der Waals surface area contributed by atoms with Crippen LogP contribution in [0.5, 0.6) is 0 Å². The fourth-order valence-electron chi connectivity index (χ4n) is 2.32. The lowest BCUT2D eigenvalue weighted by Crippen LogP contribution is -2.38. The van der Waals surface area contributed by atoms with Gasteiger partial charge < -0.3 is 15.0 Å². The van der Waals surface area contributed by atoms with Crippen LogP contribution in [-0.4, -0.2) is 36.5 Å². The van der Waals surface area contributed by atoms with Crippen molar-refractivity contribution in [2.75, 3.05) is 20.7 Å². The molecule has 2 rings (SSSR count). The highest BCUT2D eigenvalue weighted by molar-refractivity contribution is 14.0. The summed E-state index contributed by atoms with van der Waals surface area (Å²) in [4.78, 5) is 14.3. The summed E-state index contributed by atoms with van der Waals surface area (Å²) in [5, 5.41) is 6.47. The minimum absolute atomic E-state index is 0. The minimum Gasteiger partial charge on any atom is -0.375 e. The number of nitrogens with zero attached hydrogens (tertiary/aromatic N) is 3. The highest BCUT2D eigenvalue weighted by Crippen LogP contribution is 2.21. The Balaban J connectivity index is 0.00000338. The number of guanidine groups is 1. The lowest BCUT2D eigenvalue weighted by Gasteiger charge is -2.21. The van der Waals surface area contributed by atoms with Gasteiger partial charge in [-0.05, 0) is 32.4 Å². The van der Waals surface area contributed by atoms with E-state index in [1.807, 2.05) is 25.3 Å². The molecule has 0 saturated carbocycles. The summed E-state index contributed by atoms with van der Waals surface area (Å²) in [6.07, 6.45) is 1.12. The molecule has 0 aliphatic carbocycles. The largest absolute Gasteiger partial charge is 0.375 e. The highest BCUT2D eigenvalue weighted by Gasteiger charge is 2.12. The van der Waals surface area contributed by atoms with Gasteiger partial charge >= 0.3 is 0 Å². The summed E-state index contributed by atoms with van der Waals surface area (Å²) in [7, 11) is 3.76. The summed E-state index contributed by atoms with van der Waals surface area (Å²) in [6, 6.07) is 4.37. The van der Waals surface area contributed by atoms with Crippen LogP contribution in [0.25, 0.3) is 0 Å². The van der Waals surface area contributed by atoms with E-state index in [0.717, 1.165) is 36.2 Å². The second-order valence-corrected chi connectivity index (χ2v) is 7.95. The van der Waals surface area contributed by atoms with Gasteiger partial charge in [0.05, 0.1) is 18.8 Å². The van der Waals surface area contributed by atoms with E-state index in [2.05, 4.69) is 46.6 Å². The fraction of sp³-hybridized carbons (Fsp3) is 0.556. The number of hydrogen-bond acceptors (Lipinski definition) is 5. The number of hydrogen-bond donors (Lipinski definition) is 1. The first-order chi connectivity index (χ1) is 12.1. The summed E-state index contributed by atoms with van der Waals surface area (Å²) in [6.45, 7) is 8.57. The average Bonchev–Trinajstić information content (AvgIpc) is 3.27. The van der Waals surface area contributed by atoms with Crippen molar-refractivity contribution in [3.05, 3.63) is 38.0 Å². The number of halogens is 1. The average molecular weight is 508 g/mol. The number of aryl methyl sites for hydroxylation is 1. The molecule has 0 aromatic carbocycles. The third kappa shape index (κ3) is 6.79. The van der Waals surface area contributed by atoms with Gasteiger partial charge in [0.2, 0.25) is 0 Å². The molecule has 0 aliphatic rings. The lowest BCUT2D eigenvalue weighted by atomic mass is 10.4. The van der Waals surface area contributed by atoms with E-state index in [1.165, 1.54) is 9.75 Å². The molecular weight excluding hydrogens is 479 g/mol. The molecule has 1 atom stereocenters. The molecule has 5 nitrogen and oxygen atoms in total. The Bertz CT molecular complexity index is 686. The normalized spacial score (nSPS) is 12.6. The van der Waals surface area contributed by atoms with Crippen LogP contribution in [-0.2, 0) is 24.2 Å². The summed E-state index contributed by atoms with van der Waals surface area (Å²) < 4.78 is 5.34. The predicted molar refractivity (Wildman–Crippen MR) is 123 cm³/mol. The second-order valence-electron chi connectivity index (χ2n) is 5.80. The molecule has 2 aromatic rings. The molecule has 1 N–H and O–H groups in total. The topological polar surface area (TPSA) is 49.8 Å². The van der Waals surface area contributed by atoms with Crippen molar-refractivity contribution in [2.24, 2.45) is 4.99 Å². The van der Waals surface area contributed by atoms with Crippen LogP contribution in [0, 0.1) is 0 Å². The molecule has 0 saturated heterocycles. The van der Waals surface area contributed by atoms with Gasteiger partial charge in [-0.2, -0.15) is 0 Å². The number of thiazole rings is 1. The van der Waals surface area contributed by atoms with Gasteiger partial charge in [-0.3, -0.25) is 0 Å². The van der Waals surface area contributed by atoms with E-state index in [-0.39, 0.29) is 30.1 Å². The van der Waals surface area contributed by atoms with E-state index in [9.17, 15) is 0 Å². The number of methoxy groups -OCH3 is 1. The third-order valence-corrected chi connectivity index (χ3v) is 6.09. The summed E-state index contributed by atoms with van der Waals surface area (Å²) in [5.74, 6) is 0.906. The van der Waals surface area contributed by atoms with Gasteiger partial charge in [-0.1, -0.05) is 6.92 Å². The molecule has 0 bridgehead atoms. The molecular formula is C18H29IN4OS2. The Hall–Kier alpha value is -0.710. The van der Waals surface area contributed by atoms with E-state index in [1.54, 1.807) is 18.4 Å². The standard InChI is InChI=1S/C18H28N4OS2.HI/c1-6-15-8-9-16(25-15)10-20-18(19-7-2)22(4)11-14-12-24-17(21-14)13(3)23-5;/h8-9,12-13H,6-7,10-11H2,1-5H3,(H,19,20);1H. The van der Waals surface area contributed by atoms with Gasteiger partial charge in [0.1, 0.15) is 11.1 Å². The monoisotopic (exact) mass is 508 g/mol. The molecule has 0 amide bonds. The van der Waals surface area contributed by atoms with Crippen LogP contribution in [0.15, 0.2) is 22.5 Å². The van der Waals surface area contributed by atoms with Crippen LogP contribution >= 0.6 is 46.7 Å². The van der Waals surface area contributed by atoms with Crippen molar-refractivity contribution in [1.29, 1.82) is 0 Å². The maximum atomic E-state index is 5.34. The first kappa shape index (κ1) is 23.3. The first-order valence-electron chi connectivity index (χ1n) is 8.61. The SMILES string of the molecule is CCNC(=NCc1ccc(CC)s1)N(C)Cc1csc(C(C)OC)n1.I. The molecule has 2 heterocycles. The van der Waals surface area contributed by atoms with Gasteiger partial charge in [-0.25, -0.2) is 9.98 Å². The number of ether oxygens (including phenoxy) is 1. The molecule has 0 fully saturated rings. The van der Waals surface area contributed by atoms with Gasteiger partial charge in [-0.15, -0.1) is 46.7 Å². The Kier molecular flexibility index (Phi) is 10.7. The molecule has 2 aromatic heterocycles. The highest BCUT2D eigenvalue weighted by atomic mass is 127. The van der Waals surface area contributed by atoms with Crippen molar-refractivity contribution in [3.8, 4) is 0 Å². The zero-order valence-electron chi connectivity index (χ0n) is 16.1. The molecule has 8 heteroatoms. The molecule has 26 heavy (non-hydrogen) atoms. The molecule has 0 radical (unpaired) electrons. The lowest BCUT2D eigenvalue weighted by molar-refractivity contribution is 0.119. The molecule has 146 valence electrons. The van der Waals surface area contributed by atoms with Crippen molar-refractivity contribution in [1.82, 2.24) is 15.2 Å². The zero-order chi connectivity index (χ0) is 18.2. The molecule has 0 spiro atoms. The first-order valence-corrected chi connectivity index (χ1v) is 10.3. The predicted octanol–water partition coefficient (Wildman–Crippen LogP) is 4.69. The zero-order valence-corrected chi connectivity index (χ0v) is 20.1. The minimum atomic E-state index is 0. The molecule has 0 aliphatic heterocycles. The fourth-order valence-corrected chi connectivity index (χ4v) is 4.04. The summed E-state index contributed by atoms with van der Waals surface area (Å²) in [5.41, 5.74) is 1.04. The van der Waals surface area contributed by atoms with Gasteiger partial charge in [0.25, 0.3) is 0 Å². The third-order valence-electron chi connectivity index (χ3n) is 3.82. The Morgan fingerprint density at radius 1 is 1.35 bits per heavy atom. The number of nitrogens with one attached hydrogen (secondary N) is 1. The quantitative estimate of drug-likeness (QED) is 0.320. The number of aliphatic imine (C=N–C) groups is 1. The van der Waals surface area contributed by atoms with E-state index in [4.69, 9.17) is 9.73 Å². The second kappa shape index (κ2) is 11.9. The van der Waals surface area contributed by atoms with Crippen LogP contribution < -0.4 is 5.32 Å². The van der Waals surface area contributed by atoms with Crippen molar-refractivity contribution >= 4 is 52.6 Å². The van der Waals surface area contributed by atoms with Crippen LogP contribution in [0.2, 0.25) is 0 Å². The molecule has 1 unspecified atom stereocenters. The maximum Gasteiger partial charge on any atom is 0.194 e. The van der Waals surface area contributed by atoms with Gasteiger partial charge in [0, 0.05) is 35.8 Å². The van der Waals surface area contributed by atoms with Crippen molar-refractivity contribution in [3.63, 3.8) is 0 Å². The number of aromatic nitrogens is 1. The maximum absolute atomic E-state index is 5.34. The van der Waals surface area contributed by atoms with Crippen LogP contribution in [0.3, 0.4) is 0 Å². The van der Waals surface area contributed by atoms with Crippen LogP contribution in [0.1, 0.15) is 47.3 Å². The Labute approximate surface area is 181 Å². The van der Waals surface area contributed by atoms with Gasteiger partial charge in [0.15, 0.2) is 5.96 Å². The summed E-state index contributed by atoms with van der Waals surface area (Å²) >= 11 is 3.48. The smallest absolute Gasteiger partial charge is 0.194 e. The van der Waals surface area contributed by atoms with Crippen molar-refractivity contribution < 1.29 is 4.74 Å². The van der Waals surface area contributed by atoms with E-state index >= 15 is 0 Å². The number of thiophene rings is 1. The van der Waals surface area contributed by atoms with E-state index < -0.39 is 0 Å².